The van der Waals surface area contributed by atoms with Crippen molar-refractivity contribution >= 4 is 30.1 Å². The Labute approximate surface area is 148 Å². The van der Waals surface area contributed by atoms with Gasteiger partial charge in [0.2, 0.25) is 5.88 Å². The van der Waals surface area contributed by atoms with Gasteiger partial charge >= 0.3 is 5.97 Å². The fourth-order valence-electron chi connectivity index (χ4n) is 2.38. The zero-order valence-corrected chi connectivity index (χ0v) is 14.4. The van der Waals surface area contributed by atoms with E-state index in [1.54, 1.807) is 35.8 Å². The third kappa shape index (κ3) is 3.69. The quantitative estimate of drug-likeness (QED) is 0.486. The maximum absolute atomic E-state index is 12.0. The zero-order chi connectivity index (χ0) is 18.0. The Morgan fingerprint density at radius 3 is 2.72 bits per heavy atom. The van der Waals surface area contributed by atoms with E-state index in [1.807, 2.05) is 0 Å². The number of hydrogen-bond acceptors (Lipinski definition) is 6. The minimum atomic E-state index is -0.494. The molecule has 2 N–H and O–H groups in total. The van der Waals surface area contributed by atoms with Crippen LogP contribution >= 0.6 is 12.2 Å². The van der Waals surface area contributed by atoms with Crippen LogP contribution in [0.1, 0.15) is 41.7 Å². The van der Waals surface area contributed by atoms with Crippen LogP contribution in [-0.4, -0.2) is 33.4 Å². The molecular formula is C17H17N3O4S. The predicted octanol–water partition coefficient (Wildman–Crippen LogP) is 2.87. The van der Waals surface area contributed by atoms with Crippen LogP contribution in [0, 0.1) is 4.77 Å². The number of rotatable bonds is 5. The number of carbonyl (C=O) groups is 1. The molecule has 8 heteroatoms. The molecule has 1 aromatic carbocycles. The van der Waals surface area contributed by atoms with Gasteiger partial charge in [0.05, 0.1) is 17.9 Å². The summed E-state index contributed by atoms with van der Waals surface area (Å²) in [7, 11) is 0. The summed E-state index contributed by atoms with van der Waals surface area (Å²) < 4.78 is 6.67. The minimum absolute atomic E-state index is 0.0509. The summed E-state index contributed by atoms with van der Waals surface area (Å²) in [5, 5.41) is 10.3. The Bertz CT molecular complexity index is 940. The van der Waals surface area contributed by atoms with Gasteiger partial charge in [-0.2, -0.15) is 0 Å². The summed E-state index contributed by atoms with van der Waals surface area (Å²) in [4.78, 5) is 30.4. The molecule has 7 nitrogen and oxygen atoms in total. The Balaban J connectivity index is 1.87. The molecule has 130 valence electrons. The van der Waals surface area contributed by atoms with Crippen LogP contribution in [-0.2, 0) is 4.74 Å². The van der Waals surface area contributed by atoms with Crippen LogP contribution in [0.3, 0.4) is 0 Å². The van der Waals surface area contributed by atoms with E-state index in [9.17, 15) is 14.7 Å². The Hall–Kier alpha value is -2.74. The van der Waals surface area contributed by atoms with E-state index in [4.69, 9.17) is 17.0 Å². The largest absolute Gasteiger partial charge is 0.494 e. The van der Waals surface area contributed by atoms with E-state index in [0.717, 1.165) is 12.8 Å². The smallest absolute Gasteiger partial charge is 0.338 e. The highest BCUT2D eigenvalue weighted by Crippen LogP contribution is 2.37. The van der Waals surface area contributed by atoms with Crippen LogP contribution in [0.4, 0.5) is 5.69 Å². The number of nitrogens with zero attached hydrogens (tertiary/aromatic N) is 2. The van der Waals surface area contributed by atoms with Crippen molar-refractivity contribution in [2.45, 2.75) is 25.8 Å². The Morgan fingerprint density at radius 1 is 1.44 bits per heavy atom. The SMILES string of the molecule is CCOC(=O)c1ccc(N=Cc2c(O)n(C3CC3)c(=S)[nH]c2=O)cc1. The molecule has 0 spiro atoms. The number of benzene rings is 1. The number of aromatic nitrogens is 2. The van der Waals surface area contributed by atoms with Gasteiger partial charge in [-0.25, -0.2) is 4.79 Å². The van der Waals surface area contributed by atoms with Gasteiger partial charge in [-0.3, -0.25) is 19.3 Å². The monoisotopic (exact) mass is 359 g/mol. The molecule has 25 heavy (non-hydrogen) atoms. The van der Waals surface area contributed by atoms with Crippen LogP contribution in [0.25, 0.3) is 0 Å². The highest BCUT2D eigenvalue weighted by molar-refractivity contribution is 7.71. The average molecular weight is 359 g/mol. The lowest BCUT2D eigenvalue weighted by Gasteiger charge is -2.09. The molecule has 1 aromatic heterocycles. The number of carbonyl (C=O) groups excluding carboxylic acids is 1. The number of aliphatic imine (C=N–C) groups is 1. The topological polar surface area (TPSA) is 96.7 Å². The summed E-state index contributed by atoms with van der Waals surface area (Å²) in [6.45, 7) is 2.04. The predicted molar refractivity (Wildman–Crippen MR) is 95.5 cm³/mol. The molecule has 2 aromatic rings. The van der Waals surface area contributed by atoms with Crippen molar-refractivity contribution in [1.29, 1.82) is 0 Å². The molecule has 0 aliphatic heterocycles. The van der Waals surface area contributed by atoms with Crippen LogP contribution < -0.4 is 5.56 Å². The zero-order valence-electron chi connectivity index (χ0n) is 13.6. The highest BCUT2D eigenvalue weighted by Gasteiger charge is 2.27. The number of nitrogens with one attached hydrogen (secondary N) is 1. The first-order valence-corrected chi connectivity index (χ1v) is 8.31. The average Bonchev–Trinajstić information content (AvgIpc) is 3.40. The lowest BCUT2D eigenvalue weighted by atomic mass is 10.2. The number of esters is 1. The molecule has 0 bridgehead atoms. The van der Waals surface area contributed by atoms with Crippen molar-refractivity contribution in [2.75, 3.05) is 6.61 Å². The van der Waals surface area contributed by atoms with E-state index in [-0.39, 0.29) is 22.3 Å². The maximum Gasteiger partial charge on any atom is 0.338 e. The van der Waals surface area contributed by atoms with E-state index < -0.39 is 11.5 Å². The van der Waals surface area contributed by atoms with E-state index >= 15 is 0 Å². The molecule has 3 rings (SSSR count). The molecule has 0 amide bonds. The van der Waals surface area contributed by atoms with Crippen molar-refractivity contribution in [3.63, 3.8) is 0 Å². The summed E-state index contributed by atoms with van der Waals surface area (Å²) in [6.07, 6.45) is 3.13. The molecule has 1 saturated carbocycles. The number of aromatic hydroxyl groups is 1. The third-order valence-corrected chi connectivity index (χ3v) is 4.08. The van der Waals surface area contributed by atoms with Gasteiger partial charge in [0.15, 0.2) is 4.77 Å². The second kappa shape index (κ2) is 7.02. The number of aromatic amines is 1. The molecular weight excluding hydrogens is 342 g/mol. The highest BCUT2D eigenvalue weighted by atomic mass is 32.1. The summed E-state index contributed by atoms with van der Waals surface area (Å²) >= 11 is 5.10. The van der Waals surface area contributed by atoms with Crippen LogP contribution in [0.5, 0.6) is 5.88 Å². The molecule has 1 aliphatic carbocycles. The maximum atomic E-state index is 12.0. The number of hydrogen-bond donors (Lipinski definition) is 2. The van der Waals surface area contributed by atoms with Crippen molar-refractivity contribution in [1.82, 2.24) is 9.55 Å². The molecule has 0 saturated heterocycles. The van der Waals surface area contributed by atoms with Crippen LogP contribution in [0.2, 0.25) is 0 Å². The first kappa shape index (κ1) is 17.1. The van der Waals surface area contributed by atoms with Gasteiger partial charge in [0, 0.05) is 12.3 Å². The fourth-order valence-corrected chi connectivity index (χ4v) is 2.71. The second-order valence-corrected chi connectivity index (χ2v) is 6.01. The molecule has 1 aliphatic rings. The molecule has 1 heterocycles. The Kier molecular flexibility index (Phi) is 4.80. The second-order valence-electron chi connectivity index (χ2n) is 5.62. The lowest BCUT2D eigenvalue weighted by molar-refractivity contribution is 0.0526. The summed E-state index contributed by atoms with van der Waals surface area (Å²) in [6, 6.07) is 6.56. The van der Waals surface area contributed by atoms with E-state index in [1.165, 1.54) is 6.21 Å². The van der Waals surface area contributed by atoms with E-state index in [2.05, 4.69) is 9.98 Å². The van der Waals surface area contributed by atoms with Gasteiger partial charge in [-0.15, -0.1) is 0 Å². The number of ether oxygens (including phenoxy) is 1. The van der Waals surface area contributed by atoms with Gasteiger partial charge in [0.25, 0.3) is 5.56 Å². The molecule has 1 fully saturated rings. The van der Waals surface area contributed by atoms with Gasteiger partial charge < -0.3 is 9.84 Å². The minimum Gasteiger partial charge on any atom is -0.494 e. The number of H-pyrrole nitrogens is 1. The van der Waals surface area contributed by atoms with Crippen molar-refractivity contribution in [3.8, 4) is 5.88 Å². The standard InChI is InChI=1S/C17H17N3O4S/c1-2-24-16(23)10-3-5-11(6-4-10)18-9-13-14(21)19-17(25)20(15(13)22)12-7-8-12/h3-6,9,12,22H,2,7-8H2,1H3,(H,19,21,25). The van der Waals surface area contributed by atoms with Crippen molar-refractivity contribution in [2.24, 2.45) is 4.99 Å². The van der Waals surface area contributed by atoms with E-state index in [0.29, 0.717) is 17.9 Å². The first-order valence-electron chi connectivity index (χ1n) is 7.90. The molecule has 0 radical (unpaired) electrons. The normalized spacial score (nSPS) is 14.0. The van der Waals surface area contributed by atoms with Crippen LogP contribution in [0.15, 0.2) is 34.1 Å². The van der Waals surface area contributed by atoms with Crippen molar-refractivity contribution < 1.29 is 14.6 Å². The first-order chi connectivity index (χ1) is 12.0. The van der Waals surface area contributed by atoms with Gasteiger partial charge in [-0.1, -0.05) is 0 Å². The third-order valence-electron chi connectivity index (χ3n) is 3.79. The fraction of sp³-hybridized carbons (Fsp3) is 0.294. The van der Waals surface area contributed by atoms with Crippen molar-refractivity contribution in [3.05, 3.63) is 50.5 Å². The summed E-state index contributed by atoms with van der Waals surface area (Å²) in [5.41, 5.74) is 0.511. The Morgan fingerprint density at radius 2 is 2.12 bits per heavy atom. The van der Waals surface area contributed by atoms with Gasteiger partial charge in [0.1, 0.15) is 5.56 Å². The molecule has 0 unspecified atom stereocenters. The summed E-state index contributed by atoms with van der Waals surface area (Å²) in [5.74, 6) is -0.582. The molecule has 0 atom stereocenters. The lowest BCUT2D eigenvalue weighted by Crippen LogP contribution is -2.18. The van der Waals surface area contributed by atoms with Gasteiger partial charge in [-0.05, 0) is 56.2 Å².